The van der Waals surface area contributed by atoms with Gasteiger partial charge in [-0.15, -0.1) is 0 Å². The van der Waals surface area contributed by atoms with E-state index in [0.717, 1.165) is 18.8 Å². The van der Waals surface area contributed by atoms with Crippen LogP contribution in [-0.2, 0) is 6.42 Å². The molecule has 2 rings (SSSR count). The molecule has 0 aliphatic heterocycles. The van der Waals surface area contributed by atoms with Crippen molar-refractivity contribution in [3.05, 3.63) is 40.6 Å². The third-order valence-corrected chi connectivity index (χ3v) is 2.96. The first kappa shape index (κ1) is 11.0. The van der Waals surface area contributed by atoms with Crippen molar-refractivity contribution in [1.82, 2.24) is 4.98 Å². The molecule has 2 aromatic heterocycles. The van der Waals surface area contributed by atoms with Gasteiger partial charge in [-0.25, -0.2) is 0 Å². The number of hydrogen-bond donors (Lipinski definition) is 1. The summed E-state index contributed by atoms with van der Waals surface area (Å²) in [7, 11) is 1.62. The number of rotatable bonds is 5. The molecule has 0 saturated heterocycles. The summed E-state index contributed by atoms with van der Waals surface area (Å²) in [5, 5.41) is 7.53. The molecule has 0 unspecified atom stereocenters. The number of thiophene rings is 1. The average molecular weight is 234 g/mol. The Morgan fingerprint density at radius 2 is 2.31 bits per heavy atom. The molecular weight excluding hydrogens is 220 g/mol. The van der Waals surface area contributed by atoms with E-state index < -0.39 is 0 Å². The van der Waals surface area contributed by atoms with Crippen LogP contribution in [0.1, 0.15) is 5.56 Å². The molecule has 0 spiro atoms. The van der Waals surface area contributed by atoms with Crippen LogP contribution >= 0.6 is 11.3 Å². The number of aromatic nitrogens is 1. The minimum absolute atomic E-state index is 0.639. The van der Waals surface area contributed by atoms with E-state index in [9.17, 15) is 0 Å². The molecule has 16 heavy (non-hydrogen) atoms. The molecule has 0 amide bonds. The van der Waals surface area contributed by atoms with Gasteiger partial charge >= 0.3 is 0 Å². The van der Waals surface area contributed by atoms with E-state index in [0.29, 0.717) is 5.88 Å². The third-order valence-electron chi connectivity index (χ3n) is 2.23. The standard InChI is InChI=1S/C12H14N2OS/c1-15-12-4-2-3-11(14-12)13-7-5-10-6-8-16-9-10/h2-4,6,8-9H,5,7H2,1H3,(H,13,14). The fraction of sp³-hybridized carbons (Fsp3) is 0.250. The highest BCUT2D eigenvalue weighted by molar-refractivity contribution is 7.07. The van der Waals surface area contributed by atoms with E-state index in [1.165, 1.54) is 5.56 Å². The molecule has 1 N–H and O–H groups in total. The largest absolute Gasteiger partial charge is 0.481 e. The van der Waals surface area contributed by atoms with Crippen molar-refractivity contribution in [3.8, 4) is 5.88 Å². The monoisotopic (exact) mass is 234 g/mol. The van der Waals surface area contributed by atoms with Crippen LogP contribution in [-0.4, -0.2) is 18.6 Å². The number of pyridine rings is 1. The summed E-state index contributed by atoms with van der Waals surface area (Å²) < 4.78 is 5.06. The normalized spacial score (nSPS) is 10.1. The highest BCUT2D eigenvalue weighted by atomic mass is 32.1. The summed E-state index contributed by atoms with van der Waals surface area (Å²) in [4.78, 5) is 4.28. The first-order chi connectivity index (χ1) is 7.88. The lowest BCUT2D eigenvalue weighted by Gasteiger charge is -2.05. The topological polar surface area (TPSA) is 34.1 Å². The zero-order valence-corrected chi connectivity index (χ0v) is 9.96. The molecule has 3 nitrogen and oxygen atoms in total. The molecule has 2 aromatic rings. The molecule has 0 saturated carbocycles. The van der Waals surface area contributed by atoms with Crippen molar-refractivity contribution in [2.45, 2.75) is 6.42 Å². The first-order valence-electron chi connectivity index (χ1n) is 5.14. The maximum atomic E-state index is 5.06. The van der Waals surface area contributed by atoms with Crippen LogP contribution in [0.4, 0.5) is 5.82 Å². The van der Waals surface area contributed by atoms with E-state index in [1.807, 2.05) is 18.2 Å². The van der Waals surface area contributed by atoms with Crippen LogP contribution in [0.2, 0.25) is 0 Å². The van der Waals surface area contributed by atoms with E-state index in [-0.39, 0.29) is 0 Å². The third kappa shape index (κ3) is 2.97. The smallest absolute Gasteiger partial charge is 0.214 e. The Balaban J connectivity index is 1.85. The zero-order chi connectivity index (χ0) is 11.2. The van der Waals surface area contributed by atoms with Crippen molar-refractivity contribution >= 4 is 17.2 Å². The summed E-state index contributed by atoms with van der Waals surface area (Å²) in [5.74, 6) is 1.50. The molecule has 0 fully saturated rings. The number of hydrogen-bond acceptors (Lipinski definition) is 4. The summed E-state index contributed by atoms with van der Waals surface area (Å²) in [6.07, 6.45) is 1.02. The Bertz CT molecular complexity index is 428. The van der Waals surface area contributed by atoms with E-state index in [2.05, 4.69) is 27.1 Å². The lowest BCUT2D eigenvalue weighted by molar-refractivity contribution is 0.398. The summed E-state index contributed by atoms with van der Waals surface area (Å²) in [6.45, 7) is 0.886. The van der Waals surface area contributed by atoms with Gasteiger partial charge in [-0.1, -0.05) is 6.07 Å². The lowest BCUT2D eigenvalue weighted by atomic mass is 10.2. The van der Waals surface area contributed by atoms with Gasteiger partial charge in [0.25, 0.3) is 0 Å². The number of nitrogens with zero attached hydrogens (tertiary/aromatic N) is 1. The predicted octanol–water partition coefficient (Wildman–Crippen LogP) is 2.81. The van der Waals surface area contributed by atoms with Crippen LogP contribution < -0.4 is 10.1 Å². The lowest BCUT2D eigenvalue weighted by Crippen LogP contribution is -2.05. The van der Waals surface area contributed by atoms with E-state index in [4.69, 9.17) is 4.74 Å². The maximum absolute atomic E-state index is 5.06. The zero-order valence-electron chi connectivity index (χ0n) is 9.14. The van der Waals surface area contributed by atoms with Gasteiger partial charge in [0.15, 0.2) is 0 Å². The van der Waals surface area contributed by atoms with Crippen LogP contribution in [0.3, 0.4) is 0 Å². The van der Waals surface area contributed by atoms with Gasteiger partial charge in [-0.2, -0.15) is 16.3 Å². The molecule has 0 aliphatic rings. The molecule has 0 radical (unpaired) electrons. The highest BCUT2D eigenvalue weighted by Gasteiger charge is 1.97. The van der Waals surface area contributed by atoms with Crippen molar-refractivity contribution in [3.63, 3.8) is 0 Å². The minimum Gasteiger partial charge on any atom is -0.481 e. The number of anilines is 1. The maximum Gasteiger partial charge on any atom is 0.214 e. The summed E-state index contributed by atoms with van der Waals surface area (Å²) in [5.41, 5.74) is 1.36. The molecule has 84 valence electrons. The molecule has 0 atom stereocenters. The van der Waals surface area contributed by atoms with Gasteiger partial charge < -0.3 is 10.1 Å². The molecule has 2 heterocycles. The van der Waals surface area contributed by atoms with Crippen molar-refractivity contribution in [1.29, 1.82) is 0 Å². The van der Waals surface area contributed by atoms with Crippen LogP contribution in [0.5, 0.6) is 5.88 Å². The molecular formula is C12H14N2OS. The average Bonchev–Trinajstić information content (AvgIpc) is 2.82. The molecule has 0 bridgehead atoms. The number of ether oxygens (including phenoxy) is 1. The Labute approximate surface area is 99.1 Å². The van der Waals surface area contributed by atoms with Crippen molar-refractivity contribution < 1.29 is 4.74 Å². The Morgan fingerprint density at radius 3 is 3.06 bits per heavy atom. The fourth-order valence-corrected chi connectivity index (χ4v) is 2.10. The van der Waals surface area contributed by atoms with Gasteiger partial charge in [0.05, 0.1) is 7.11 Å². The van der Waals surface area contributed by atoms with Gasteiger partial charge in [0.2, 0.25) is 5.88 Å². The SMILES string of the molecule is COc1cccc(NCCc2ccsc2)n1. The Hall–Kier alpha value is -1.55. The number of nitrogens with one attached hydrogen (secondary N) is 1. The second kappa shape index (κ2) is 5.51. The van der Waals surface area contributed by atoms with E-state index in [1.54, 1.807) is 18.4 Å². The van der Waals surface area contributed by atoms with Crippen molar-refractivity contribution in [2.75, 3.05) is 19.0 Å². The quantitative estimate of drug-likeness (QED) is 0.863. The minimum atomic E-state index is 0.639. The van der Waals surface area contributed by atoms with Gasteiger partial charge in [0.1, 0.15) is 5.82 Å². The summed E-state index contributed by atoms with van der Waals surface area (Å²) in [6, 6.07) is 7.85. The Morgan fingerprint density at radius 1 is 1.38 bits per heavy atom. The van der Waals surface area contributed by atoms with Gasteiger partial charge in [-0.05, 0) is 34.9 Å². The summed E-state index contributed by atoms with van der Waals surface area (Å²) >= 11 is 1.73. The molecule has 0 aliphatic carbocycles. The van der Waals surface area contributed by atoms with Crippen molar-refractivity contribution in [2.24, 2.45) is 0 Å². The second-order valence-corrected chi connectivity index (χ2v) is 4.15. The van der Waals surface area contributed by atoms with Gasteiger partial charge in [-0.3, -0.25) is 0 Å². The molecule has 0 aromatic carbocycles. The highest BCUT2D eigenvalue weighted by Crippen LogP contribution is 2.11. The van der Waals surface area contributed by atoms with Gasteiger partial charge in [0, 0.05) is 12.6 Å². The van der Waals surface area contributed by atoms with Crippen LogP contribution in [0.15, 0.2) is 35.0 Å². The molecule has 4 heteroatoms. The second-order valence-electron chi connectivity index (χ2n) is 3.37. The Kier molecular flexibility index (Phi) is 3.77. The van der Waals surface area contributed by atoms with Crippen LogP contribution in [0.25, 0.3) is 0 Å². The van der Waals surface area contributed by atoms with E-state index >= 15 is 0 Å². The number of methoxy groups -OCH3 is 1. The van der Waals surface area contributed by atoms with Crippen LogP contribution in [0, 0.1) is 0 Å². The predicted molar refractivity (Wildman–Crippen MR) is 67.3 cm³/mol. The first-order valence-corrected chi connectivity index (χ1v) is 6.09. The fourth-order valence-electron chi connectivity index (χ4n) is 1.40.